The smallest absolute Gasteiger partial charge is 0.166 e. The van der Waals surface area contributed by atoms with Crippen molar-refractivity contribution in [2.24, 2.45) is 0 Å². The van der Waals surface area contributed by atoms with E-state index in [0.717, 1.165) is 6.07 Å². The molecule has 0 unspecified atom stereocenters. The number of ketones is 1. The van der Waals surface area contributed by atoms with Gasteiger partial charge in [-0.1, -0.05) is 24.3 Å². The molecule has 0 fully saturated rings. The van der Waals surface area contributed by atoms with E-state index in [9.17, 15) is 13.6 Å². The van der Waals surface area contributed by atoms with Gasteiger partial charge in [-0.3, -0.25) is 4.79 Å². The summed E-state index contributed by atoms with van der Waals surface area (Å²) in [6.45, 7) is 1.43. The number of Topliss-reactive ketones (excluding diaryl/α,β-unsaturated/α-hetero) is 1. The second kappa shape index (κ2) is 4.00. The molecule has 0 aliphatic rings. The minimum absolute atomic E-state index is 0.0730. The Morgan fingerprint density at radius 1 is 1.19 bits per heavy atom. The molecule has 2 rings (SSSR count). The summed E-state index contributed by atoms with van der Waals surface area (Å²) in [6, 6.07) is 7.68. The molecule has 82 valence electrons. The number of carbonyl (C=O) groups excluding carboxylic acids is 1. The molecule has 0 saturated carbocycles. The molecule has 0 heterocycles. The van der Waals surface area contributed by atoms with Gasteiger partial charge in [-0.05, 0) is 23.9 Å². The summed E-state index contributed by atoms with van der Waals surface area (Å²) in [5.74, 6) is -1.84. The van der Waals surface area contributed by atoms with Crippen LogP contribution in [0.5, 0.6) is 0 Å². The van der Waals surface area contributed by atoms with Crippen LogP contribution in [-0.4, -0.2) is 5.78 Å². The lowest BCUT2D eigenvalue weighted by molar-refractivity contribution is -0.116. The van der Waals surface area contributed by atoms with E-state index in [1.807, 2.05) is 0 Å². The molecule has 0 N–H and O–H groups in total. The third kappa shape index (κ3) is 1.81. The average molecular weight is 220 g/mol. The molecule has 0 radical (unpaired) electrons. The molecule has 0 amide bonds. The first-order valence-corrected chi connectivity index (χ1v) is 4.94. The number of benzene rings is 2. The minimum atomic E-state index is -0.886. The standard InChI is InChI=1S/C13H10F2O/c1-8(16)7-10-4-2-3-9-5-6-11(14)13(15)12(9)10/h2-6H,7H2,1H3. The van der Waals surface area contributed by atoms with Gasteiger partial charge in [0.25, 0.3) is 0 Å². The van der Waals surface area contributed by atoms with Crippen LogP contribution >= 0.6 is 0 Å². The van der Waals surface area contributed by atoms with Crippen molar-refractivity contribution < 1.29 is 13.6 Å². The van der Waals surface area contributed by atoms with E-state index >= 15 is 0 Å². The molecule has 0 spiro atoms. The normalized spacial score (nSPS) is 10.7. The highest BCUT2D eigenvalue weighted by Gasteiger charge is 2.11. The zero-order chi connectivity index (χ0) is 11.7. The highest BCUT2D eigenvalue weighted by molar-refractivity contribution is 5.90. The number of fused-ring (bicyclic) bond motifs is 1. The summed E-state index contributed by atoms with van der Waals surface area (Å²) in [7, 11) is 0. The highest BCUT2D eigenvalue weighted by Crippen LogP contribution is 2.24. The molecule has 0 bridgehead atoms. The molecule has 16 heavy (non-hydrogen) atoms. The van der Waals surface area contributed by atoms with E-state index in [0.29, 0.717) is 10.9 Å². The Balaban J connectivity index is 2.74. The van der Waals surface area contributed by atoms with Crippen molar-refractivity contribution in [3.63, 3.8) is 0 Å². The Hall–Kier alpha value is -1.77. The first-order chi connectivity index (χ1) is 7.59. The van der Waals surface area contributed by atoms with Gasteiger partial charge in [-0.15, -0.1) is 0 Å². The van der Waals surface area contributed by atoms with E-state index in [1.54, 1.807) is 18.2 Å². The van der Waals surface area contributed by atoms with Crippen molar-refractivity contribution in [2.75, 3.05) is 0 Å². The lowest BCUT2D eigenvalue weighted by Gasteiger charge is -2.06. The van der Waals surface area contributed by atoms with Crippen LogP contribution in [0.3, 0.4) is 0 Å². The fourth-order valence-electron chi connectivity index (χ4n) is 1.80. The molecule has 0 atom stereocenters. The number of hydrogen-bond donors (Lipinski definition) is 0. The summed E-state index contributed by atoms with van der Waals surface area (Å²) in [4.78, 5) is 11.0. The molecule has 3 heteroatoms. The lowest BCUT2D eigenvalue weighted by Crippen LogP contribution is -1.99. The van der Waals surface area contributed by atoms with E-state index < -0.39 is 11.6 Å². The van der Waals surface area contributed by atoms with E-state index in [1.165, 1.54) is 13.0 Å². The van der Waals surface area contributed by atoms with Gasteiger partial charge in [-0.2, -0.15) is 0 Å². The number of carbonyl (C=O) groups is 1. The van der Waals surface area contributed by atoms with Gasteiger partial charge in [0.2, 0.25) is 0 Å². The second-order valence-corrected chi connectivity index (χ2v) is 3.76. The number of rotatable bonds is 2. The SMILES string of the molecule is CC(=O)Cc1cccc2ccc(F)c(F)c12. The Labute approximate surface area is 91.7 Å². The zero-order valence-corrected chi connectivity index (χ0v) is 8.76. The molecular weight excluding hydrogens is 210 g/mol. The lowest BCUT2D eigenvalue weighted by atomic mass is 10.00. The molecule has 2 aromatic carbocycles. The van der Waals surface area contributed by atoms with Gasteiger partial charge in [0, 0.05) is 11.8 Å². The fraction of sp³-hybridized carbons (Fsp3) is 0.154. The zero-order valence-electron chi connectivity index (χ0n) is 8.76. The topological polar surface area (TPSA) is 17.1 Å². The van der Waals surface area contributed by atoms with Crippen molar-refractivity contribution >= 4 is 16.6 Å². The summed E-state index contributed by atoms with van der Waals surface area (Å²) < 4.78 is 26.7. The van der Waals surface area contributed by atoms with E-state index in [-0.39, 0.29) is 17.6 Å². The average Bonchev–Trinajstić information content (AvgIpc) is 2.23. The third-order valence-electron chi connectivity index (χ3n) is 2.46. The molecule has 0 saturated heterocycles. The summed E-state index contributed by atoms with van der Waals surface area (Å²) in [5.41, 5.74) is 0.530. The van der Waals surface area contributed by atoms with Gasteiger partial charge in [-0.25, -0.2) is 8.78 Å². The quantitative estimate of drug-likeness (QED) is 0.759. The van der Waals surface area contributed by atoms with Crippen LogP contribution in [0.1, 0.15) is 12.5 Å². The van der Waals surface area contributed by atoms with Gasteiger partial charge in [0.05, 0.1) is 0 Å². The summed E-state index contributed by atoms with van der Waals surface area (Å²) >= 11 is 0. The van der Waals surface area contributed by atoms with Crippen LogP contribution in [-0.2, 0) is 11.2 Å². The van der Waals surface area contributed by atoms with Crippen LogP contribution in [0.4, 0.5) is 8.78 Å². The van der Waals surface area contributed by atoms with Crippen molar-refractivity contribution in [2.45, 2.75) is 13.3 Å². The summed E-state index contributed by atoms with van der Waals surface area (Å²) in [5, 5.41) is 0.815. The molecular formula is C13H10F2O. The molecule has 1 nitrogen and oxygen atoms in total. The molecule has 0 aliphatic carbocycles. The highest BCUT2D eigenvalue weighted by atomic mass is 19.2. The van der Waals surface area contributed by atoms with Gasteiger partial charge < -0.3 is 0 Å². The fourth-order valence-corrected chi connectivity index (χ4v) is 1.80. The van der Waals surface area contributed by atoms with Crippen LogP contribution in [0.25, 0.3) is 10.8 Å². The first-order valence-electron chi connectivity index (χ1n) is 4.94. The van der Waals surface area contributed by atoms with E-state index in [4.69, 9.17) is 0 Å². The largest absolute Gasteiger partial charge is 0.300 e. The Kier molecular flexibility index (Phi) is 2.69. The minimum Gasteiger partial charge on any atom is -0.300 e. The first kappa shape index (κ1) is 10.7. The second-order valence-electron chi connectivity index (χ2n) is 3.76. The van der Waals surface area contributed by atoms with Crippen molar-refractivity contribution in [3.05, 3.63) is 47.5 Å². The molecule has 2 aromatic rings. The molecule has 0 aromatic heterocycles. The summed E-state index contributed by atoms with van der Waals surface area (Å²) in [6.07, 6.45) is 0.123. The Bertz CT molecular complexity index is 561. The third-order valence-corrected chi connectivity index (χ3v) is 2.46. The maximum absolute atomic E-state index is 13.6. The van der Waals surface area contributed by atoms with E-state index in [2.05, 4.69) is 0 Å². The van der Waals surface area contributed by atoms with Crippen LogP contribution in [0.15, 0.2) is 30.3 Å². The van der Waals surface area contributed by atoms with Crippen molar-refractivity contribution in [1.82, 2.24) is 0 Å². The predicted octanol–water partition coefficient (Wildman–Crippen LogP) is 3.25. The maximum atomic E-state index is 13.6. The Morgan fingerprint density at radius 3 is 2.62 bits per heavy atom. The Morgan fingerprint density at radius 2 is 1.94 bits per heavy atom. The maximum Gasteiger partial charge on any atom is 0.166 e. The van der Waals surface area contributed by atoms with Gasteiger partial charge in [0.15, 0.2) is 11.6 Å². The van der Waals surface area contributed by atoms with Crippen LogP contribution in [0.2, 0.25) is 0 Å². The number of hydrogen-bond acceptors (Lipinski definition) is 1. The van der Waals surface area contributed by atoms with Crippen LogP contribution in [0, 0.1) is 11.6 Å². The van der Waals surface area contributed by atoms with Gasteiger partial charge >= 0.3 is 0 Å². The van der Waals surface area contributed by atoms with Gasteiger partial charge in [0.1, 0.15) is 5.78 Å². The predicted molar refractivity (Wildman–Crippen MR) is 58.2 cm³/mol. The molecule has 0 aliphatic heterocycles. The number of halogens is 2. The van der Waals surface area contributed by atoms with Crippen molar-refractivity contribution in [1.29, 1.82) is 0 Å². The van der Waals surface area contributed by atoms with Crippen LogP contribution < -0.4 is 0 Å². The monoisotopic (exact) mass is 220 g/mol. The van der Waals surface area contributed by atoms with Crippen molar-refractivity contribution in [3.8, 4) is 0 Å².